The first-order chi connectivity index (χ1) is 33.1. The molecule has 12 nitrogen and oxygen atoms in total. The van der Waals surface area contributed by atoms with Crippen LogP contribution in [0.5, 0.6) is 0 Å². The molecule has 0 bridgehead atoms. The highest BCUT2D eigenvalue weighted by Gasteiger charge is 2.42. The average molecular weight is 1000 g/mol. The van der Waals surface area contributed by atoms with Crippen molar-refractivity contribution in [3.05, 3.63) is 129 Å². The number of hydrogen-bond acceptors (Lipinski definition) is 8. The van der Waals surface area contributed by atoms with E-state index in [9.17, 15) is 24.0 Å². The molecule has 70 heavy (non-hydrogen) atoms. The summed E-state index contributed by atoms with van der Waals surface area (Å²) in [4.78, 5) is 66.8. The Balaban J connectivity index is 1.06. The molecule has 4 N–H and O–H groups in total. The van der Waals surface area contributed by atoms with E-state index >= 15 is 0 Å². The minimum absolute atomic E-state index is 0.108. The van der Waals surface area contributed by atoms with Gasteiger partial charge in [0.1, 0.15) is 18.2 Å². The number of benzene rings is 3. The van der Waals surface area contributed by atoms with Crippen molar-refractivity contribution in [2.45, 2.75) is 148 Å². The number of aryl methyl sites for hydroxylation is 1. The highest BCUT2D eigenvalue weighted by atomic mass is 35.5. The van der Waals surface area contributed by atoms with Crippen molar-refractivity contribution in [3.8, 4) is 0 Å². The summed E-state index contributed by atoms with van der Waals surface area (Å²) in [7, 11) is 0. The van der Waals surface area contributed by atoms with E-state index in [1.807, 2.05) is 71.0 Å². The van der Waals surface area contributed by atoms with Gasteiger partial charge in [-0.1, -0.05) is 103 Å². The Hall–Kier alpha value is -5.43. The zero-order valence-electron chi connectivity index (χ0n) is 42.2. The maximum absolute atomic E-state index is 14.2. The average Bonchev–Trinajstić information content (AvgIpc) is 3.89. The molecule has 3 aromatic rings. The first-order valence-corrected chi connectivity index (χ1v) is 25.1. The number of alkyl carbamates (subject to hydrolysis) is 1. The van der Waals surface area contributed by atoms with E-state index in [0.29, 0.717) is 57.4 Å². The number of amides is 4. The van der Waals surface area contributed by atoms with E-state index < -0.39 is 46.2 Å². The van der Waals surface area contributed by atoms with E-state index in [1.165, 1.54) is 0 Å². The van der Waals surface area contributed by atoms with Gasteiger partial charge in [0.15, 0.2) is 0 Å². The number of nitrogens with one attached hydrogen (secondary N) is 4. The smallest absolute Gasteiger partial charge is 0.407 e. The SMILES string of the molecule is C=CC1=C(C=CC)c2ccccc2C1COC(=O)NC(C)(C)CCOC(C)(C)CCC(=O)NCCC1(C(=O)NC(CCc2ccc(NC(=O)c3c(Cl)cccc3Cl)cc2)C(=O)OC(C)(C)C)CCCC1. The molecule has 0 heterocycles. The number of halogens is 2. The fraction of sp³-hybridized carbons (Fsp3) is 0.482. The molecule has 0 aliphatic heterocycles. The number of fused-ring (bicyclic) bond motifs is 1. The van der Waals surface area contributed by atoms with Gasteiger partial charge in [-0.25, -0.2) is 9.59 Å². The standard InChI is InChI=1S/C56H72Cl2N4O8/c1-10-17-40-39(11-2)43(42-19-13-12-18-41(40)42)36-68-52(67)62-54(6,7)33-35-69-55(8,9)31-28-47(63)59-34-32-56(29-14-15-30-56)51(66)61-46(50(65)70-53(3,4)5)27-24-37-22-25-38(26-23-37)60-49(64)48-44(57)20-16-21-45(48)58/h10-13,16-23,25-26,43,46H,2,14-15,24,27-36H2,1,3-9H3,(H,59,63)(H,60,64)(H,61,66)(H,62,67). The van der Waals surface area contributed by atoms with Crippen LogP contribution in [-0.2, 0) is 35.0 Å². The second kappa shape index (κ2) is 24.6. The Morgan fingerprint density at radius 1 is 0.886 bits per heavy atom. The quantitative estimate of drug-likeness (QED) is 0.0683. The summed E-state index contributed by atoms with van der Waals surface area (Å²) in [5.74, 6) is -1.42. The van der Waals surface area contributed by atoms with Crippen molar-refractivity contribution in [2.75, 3.05) is 25.1 Å². The summed E-state index contributed by atoms with van der Waals surface area (Å²) in [5, 5.41) is 12.4. The van der Waals surface area contributed by atoms with E-state index in [0.717, 1.165) is 40.7 Å². The van der Waals surface area contributed by atoms with E-state index in [1.54, 1.807) is 51.1 Å². The van der Waals surface area contributed by atoms with Crippen molar-refractivity contribution in [1.29, 1.82) is 0 Å². The number of hydrogen-bond donors (Lipinski definition) is 4. The summed E-state index contributed by atoms with van der Waals surface area (Å²) in [6.07, 6.45) is 10.8. The van der Waals surface area contributed by atoms with Crippen molar-refractivity contribution >= 4 is 64.2 Å². The predicted octanol–water partition coefficient (Wildman–Crippen LogP) is 11.9. The third-order valence-corrected chi connectivity index (χ3v) is 13.6. The van der Waals surface area contributed by atoms with Crippen LogP contribution in [0, 0.1) is 5.41 Å². The maximum atomic E-state index is 14.2. The largest absolute Gasteiger partial charge is 0.458 e. The van der Waals surface area contributed by atoms with Crippen LogP contribution >= 0.6 is 23.2 Å². The van der Waals surface area contributed by atoms with Gasteiger partial charge in [0, 0.05) is 36.7 Å². The molecule has 2 aliphatic carbocycles. The maximum Gasteiger partial charge on any atom is 0.407 e. The number of ether oxygens (including phenoxy) is 3. The van der Waals surface area contributed by atoms with Crippen LogP contribution in [0.2, 0.25) is 10.0 Å². The van der Waals surface area contributed by atoms with E-state index in [2.05, 4.69) is 46.1 Å². The highest BCUT2D eigenvalue weighted by molar-refractivity contribution is 6.40. The second-order valence-corrected chi connectivity index (χ2v) is 21.4. The molecule has 5 rings (SSSR count). The monoisotopic (exact) mass is 998 g/mol. The molecule has 2 atom stereocenters. The summed E-state index contributed by atoms with van der Waals surface area (Å²) >= 11 is 12.4. The molecule has 2 unspecified atom stereocenters. The van der Waals surface area contributed by atoms with Crippen molar-refractivity contribution in [2.24, 2.45) is 5.41 Å². The number of carbonyl (C=O) groups excluding carboxylic acids is 5. The van der Waals surface area contributed by atoms with Crippen molar-refractivity contribution in [1.82, 2.24) is 16.0 Å². The van der Waals surface area contributed by atoms with Crippen LogP contribution < -0.4 is 21.3 Å². The molecule has 0 saturated heterocycles. The number of anilines is 1. The molecule has 2 aliphatic rings. The summed E-state index contributed by atoms with van der Waals surface area (Å²) < 4.78 is 17.8. The van der Waals surface area contributed by atoms with Crippen LogP contribution in [-0.4, -0.2) is 72.3 Å². The molecule has 0 spiro atoms. The van der Waals surface area contributed by atoms with Crippen LogP contribution in [0.15, 0.2) is 97.1 Å². The molecule has 1 fully saturated rings. The Kier molecular flexibility index (Phi) is 19.5. The lowest BCUT2D eigenvalue weighted by atomic mass is 9.81. The first kappa shape index (κ1) is 55.5. The Labute approximate surface area is 424 Å². The first-order valence-electron chi connectivity index (χ1n) is 24.4. The van der Waals surface area contributed by atoms with E-state index in [-0.39, 0.29) is 52.8 Å². The summed E-state index contributed by atoms with van der Waals surface area (Å²) in [6, 6.07) is 19.3. The third-order valence-electron chi connectivity index (χ3n) is 12.9. The molecular formula is C56H72Cl2N4O8. The minimum atomic E-state index is -0.904. The zero-order valence-corrected chi connectivity index (χ0v) is 43.7. The van der Waals surface area contributed by atoms with Gasteiger partial charge in [0.05, 0.1) is 26.6 Å². The van der Waals surface area contributed by atoms with Crippen LogP contribution in [0.3, 0.4) is 0 Å². The van der Waals surface area contributed by atoms with Gasteiger partial charge in [-0.15, -0.1) is 0 Å². The number of allylic oxidation sites excluding steroid dienone is 4. The predicted molar refractivity (Wildman–Crippen MR) is 279 cm³/mol. The normalized spacial score (nSPS) is 16.1. The van der Waals surface area contributed by atoms with Crippen LogP contribution in [0.4, 0.5) is 10.5 Å². The van der Waals surface area contributed by atoms with Gasteiger partial charge in [0.25, 0.3) is 5.91 Å². The Bertz CT molecular complexity index is 2390. The number of rotatable bonds is 23. The molecule has 4 amide bonds. The van der Waals surface area contributed by atoms with E-state index in [4.69, 9.17) is 37.4 Å². The van der Waals surface area contributed by atoms with Gasteiger partial charge in [0.2, 0.25) is 11.8 Å². The summed E-state index contributed by atoms with van der Waals surface area (Å²) in [6.45, 7) is 19.9. The van der Waals surface area contributed by atoms with Crippen molar-refractivity contribution < 1.29 is 38.2 Å². The molecular weight excluding hydrogens is 928 g/mol. The molecule has 3 aromatic carbocycles. The number of esters is 1. The van der Waals surface area contributed by atoms with Gasteiger partial charge in [-0.3, -0.25) is 14.4 Å². The minimum Gasteiger partial charge on any atom is -0.458 e. The fourth-order valence-corrected chi connectivity index (χ4v) is 9.59. The molecule has 0 aromatic heterocycles. The van der Waals surface area contributed by atoms with Gasteiger partial charge in [-0.05, 0) is 152 Å². The van der Waals surface area contributed by atoms with Gasteiger partial charge >= 0.3 is 12.1 Å². The fourth-order valence-electron chi connectivity index (χ4n) is 9.02. The molecule has 1 saturated carbocycles. The van der Waals surface area contributed by atoms with Gasteiger partial charge in [-0.2, -0.15) is 0 Å². The van der Waals surface area contributed by atoms with Crippen LogP contribution in [0.1, 0.15) is 146 Å². The Morgan fingerprint density at radius 2 is 1.56 bits per heavy atom. The Morgan fingerprint density at radius 3 is 2.20 bits per heavy atom. The van der Waals surface area contributed by atoms with Crippen molar-refractivity contribution in [3.63, 3.8) is 0 Å². The van der Waals surface area contributed by atoms with Gasteiger partial charge < -0.3 is 35.5 Å². The molecule has 0 radical (unpaired) electrons. The van der Waals surface area contributed by atoms with Crippen LogP contribution in [0.25, 0.3) is 5.57 Å². The second-order valence-electron chi connectivity index (χ2n) is 20.6. The molecule has 378 valence electrons. The topological polar surface area (TPSA) is 161 Å². The summed E-state index contributed by atoms with van der Waals surface area (Å²) in [5.41, 5.74) is 3.22. The lowest BCUT2D eigenvalue weighted by molar-refractivity contribution is -0.159. The molecule has 14 heteroatoms. The highest BCUT2D eigenvalue weighted by Crippen LogP contribution is 2.44. The number of carbonyl (C=O) groups is 5. The lowest BCUT2D eigenvalue weighted by Gasteiger charge is -2.31. The zero-order chi connectivity index (χ0) is 51.3. The lowest BCUT2D eigenvalue weighted by Crippen LogP contribution is -2.50. The third kappa shape index (κ3) is 15.8.